The van der Waals surface area contributed by atoms with Gasteiger partial charge in [-0.1, -0.05) is 36.4 Å². The maximum atomic E-state index is 5.18. The van der Waals surface area contributed by atoms with Crippen LogP contribution >= 0.6 is 0 Å². The highest BCUT2D eigenvalue weighted by atomic mass is 16.5. The molecule has 0 amide bonds. The Morgan fingerprint density at radius 3 is 2.71 bits per heavy atom. The molecule has 0 fully saturated rings. The minimum atomic E-state index is 0.558. The SMILES string of the molecule is COc1cccc(CC2C=CC=C2)c1. The van der Waals surface area contributed by atoms with Gasteiger partial charge in [0.2, 0.25) is 0 Å². The molecule has 0 aromatic heterocycles. The normalized spacial score (nSPS) is 14.9. The van der Waals surface area contributed by atoms with Gasteiger partial charge in [-0.3, -0.25) is 0 Å². The molecule has 14 heavy (non-hydrogen) atoms. The molecule has 2 rings (SSSR count). The molecule has 1 nitrogen and oxygen atoms in total. The standard InChI is InChI=1S/C13H14O/c1-14-13-8-4-7-12(10-13)9-11-5-2-3-6-11/h2-8,10-11H,9H2,1H3. The third-order valence-corrected chi connectivity index (χ3v) is 2.43. The Kier molecular flexibility index (Phi) is 2.68. The fourth-order valence-electron chi connectivity index (χ4n) is 1.69. The van der Waals surface area contributed by atoms with Gasteiger partial charge in [0.1, 0.15) is 5.75 Å². The minimum Gasteiger partial charge on any atom is -0.497 e. The Hall–Kier alpha value is -1.50. The van der Waals surface area contributed by atoms with Crippen molar-refractivity contribution in [2.45, 2.75) is 6.42 Å². The van der Waals surface area contributed by atoms with Gasteiger partial charge in [0, 0.05) is 0 Å². The molecule has 1 aromatic carbocycles. The zero-order valence-electron chi connectivity index (χ0n) is 8.31. The lowest BCUT2D eigenvalue weighted by atomic mass is 10.0. The van der Waals surface area contributed by atoms with Gasteiger partial charge in [0.25, 0.3) is 0 Å². The number of benzene rings is 1. The summed E-state index contributed by atoms with van der Waals surface area (Å²) >= 11 is 0. The molecular formula is C13H14O. The van der Waals surface area contributed by atoms with E-state index < -0.39 is 0 Å². The third-order valence-electron chi connectivity index (χ3n) is 2.43. The van der Waals surface area contributed by atoms with Crippen molar-refractivity contribution < 1.29 is 4.74 Å². The highest BCUT2D eigenvalue weighted by Gasteiger charge is 2.05. The summed E-state index contributed by atoms with van der Waals surface area (Å²) in [5, 5.41) is 0. The first-order chi connectivity index (χ1) is 6.88. The molecule has 0 saturated carbocycles. The van der Waals surface area contributed by atoms with Gasteiger partial charge in [0.05, 0.1) is 7.11 Å². The molecule has 1 aromatic rings. The molecular weight excluding hydrogens is 172 g/mol. The molecule has 0 unspecified atom stereocenters. The van der Waals surface area contributed by atoms with Crippen LogP contribution in [-0.4, -0.2) is 7.11 Å². The predicted octanol–water partition coefficient (Wildman–Crippen LogP) is 2.98. The van der Waals surface area contributed by atoms with Crippen LogP contribution in [0.3, 0.4) is 0 Å². The predicted molar refractivity (Wildman–Crippen MR) is 58.5 cm³/mol. The molecule has 0 atom stereocenters. The number of hydrogen-bond acceptors (Lipinski definition) is 1. The van der Waals surface area contributed by atoms with E-state index in [4.69, 9.17) is 4.74 Å². The Bertz CT molecular complexity index is 351. The smallest absolute Gasteiger partial charge is 0.119 e. The Labute approximate surface area is 84.7 Å². The van der Waals surface area contributed by atoms with Crippen LogP contribution in [0, 0.1) is 5.92 Å². The van der Waals surface area contributed by atoms with E-state index in [0.717, 1.165) is 12.2 Å². The molecule has 1 aliphatic carbocycles. The quantitative estimate of drug-likeness (QED) is 0.705. The zero-order chi connectivity index (χ0) is 9.80. The van der Waals surface area contributed by atoms with Gasteiger partial charge in [0.15, 0.2) is 0 Å². The number of ether oxygens (including phenoxy) is 1. The second-order valence-corrected chi connectivity index (χ2v) is 3.49. The van der Waals surface area contributed by atoms with Crippen molar-refractivity contribution in [2.75, 3.05) is 7.11 Å². The number of rotatable bonds is 3. The first-order valence-electron chi connectivity index (χ1n) is 4.86. The highest BCUT2D eigenvalue weighted by molar-refractivity contribution is 5.30. The van der Waals surface area contributed by atoms with E-state index in [1.54, 1.807) is 7.11 Å². The molecule has 0 spiro atoms. The van der Waals surface area contributed by atoms with Crippen molar-refractivity contribution in [3.05, 3.63) is 54.1 Å². The highest BCUT2D eigenvalue weighted by Crippen LogP contribution is 2.19. The van der Waals surface area contributed by atoms with E-state index >= 15 is 0 Å². The van der Waals surface area contributed by atoms with Crippen molar-refractivity contribution >= 4 is 0 Å². The average molecular weight is 186 g/mol. The summed E-state index contributed by atoms with van der Waals surface area (Å²) in [7, 11) is 1.70. The lowest BCUT2D eigenvalue weighted by Gasteiger charge is -2.07. The Morgan fingerprint density at radius 1 is 1.21 bits per heavy atom. The minimum absolute atomic E-state index is 0.558. The van der Waals surface area contributed by atoms with Crippen molar-refractivity contribution in [1.82, 2.24) is 0 Å². The summed E-state index contributed by atoms with van der Waals surface area (Å²) < 4.78 is 5.18. The average Bonchev–Trinajstić information content (AvgIpc) is 2.71. The summed E-state index contributed by atoms with van der Waals surface area (Å²) in [5.74, 6) is 1.50. The monoisotopic (exact) mass is 186 g/mol. The Morgan fingerprint density at radius 2 is 2.00 bits per heavy atom. The van der Waals surface area contributed by atoms with E-state index in [1.807, 2.05) is 12.1 Å². The van der Waals surface area contributed by atoms with Crippen LogP contribution in [0.4, 0.5) is 0 Å². The van der Waals surface area contributed by atoms with Crippen LogP contribution in [0.25, 0.3) is 0 Å². The van der Waals surface area contributed by atoms with Gasteiger partial charge in [-0.05, 0) is 30.0 Å². The van der Waals surface area contributed by atoms with Crippen molar-refractivity contribution in [3.63, 3.8) is 0 Å². The van der Waals surface area contributed by atoms with Crippen LogP contribution in [0.15, 0.2) is 48.6 Å². The summed E-state index contributed by atoms with van der Waals surface area (Å²) in [6.45, 7) is 0. The summed E-state index contributed by atoms with van der Waals surface area (Å²) in [6.07, 6.45) is 9.71. The van der Waals surface area contributed by atoms with Crippen LogP contribution in [0.5, 0.6) is 5.75 Å². The first kappa shape index (κ1) is 9.07. The Balaban J connectivity index is 2.08. The molecule has 1 aliphatic rings. The van der Waals surface area contributed by atoms with Gasteiger partial charge in [-0.25, -0.2) is 0 Å². The molecule has 1 heteroatoms. The molecule has 0 saturated heterocycles. The number of allylic oxidation sites excluding steroid dienone is 4. The maximum absolute atomic E-state index is 5.18. The van der Waals surface area contributed by atoms with Crippen molar-refractivity contribution in [1.29, 1.82) is 0 Å². The van der Waals surface area contributed by atoms with Crippen LogP contribution < -0.4 is 4.74 Å². The maximum Gasteiger partial charge on any atom is 0.119 e. The summed E-state index contributed by atoms with van der Waals surface area (Å²) in [5.41, 5.74) is 1.32. The fourth-order valence-corrected chi connectivity index (χ4v) is 1.69. The topological polar surface area (TPSA) is 9.23 Å². The fraction of sp³-hybridized carbons (Fsp3) is 0.231. The lowest BCUT2D eigenvalue weighted by Crippen LogP contribution is -1.96. The summed E-state index contributed by atoms with van der Waals surface area (Å²) in [6, 6.07) is 8.25. The van der Waals surface area contributed by atoms with Crippen LogP contribution in [0.2, 0.25) is 0 Å². The lowest BCUT2D eigenvalue weighted by molar-refractivity contribution is 0.414. The molecule has 0 bridgehead atoms. The van der Waals surface area contributed by atoms with Crippen LogP contribution in [-0.2, 0) is 6.42 Å². The molecule has 0 heterocycles. The first-order valence-corrected chi connectivity index (χ1v) is 4.86. The zero-order valence-corrected chi connectivity index (χ0v) is 8.31. The number of methoxy groups -OCH3 is 1. The van der Waals surface area contributed by atoms with E-state index in [0.29, 0.717) is 5.92 Å². The van der Waals surface area contributed by atoms with Crippen molar-refractivity contribution in [3.8, 4) is 5.75 Å². The van der Waals surface area contributed by atoms with Gasteiger partial charge >= 0.3 is 0 Å². The van der Waals surface area contributed by atoms with E-state index in [-0.39, 0.29) is 0 Å². The number of hydrogen-bond donors (Lipinski definition) is 0. The van der Waals surface area contributed by atoms with Gasteiger partial charge in [-0.2, -0.15) is 0 Å². The largest absolute Gasteiger partial charge is 0.497 e. The second-order valence-electron chi connectivity index (χ2n) is 3.49. The van der Waals surface area contributed by atoms with E-state index in [2.05, 4.69) is 36.4 Å². The second kappa shape index (κ2) is 4.14. The van der Waals surface area contributed by atoms with E-state index in [1.165, 1.54) is 5.56 Å². The van der Waals surface area contributed by atoms with Gasteiger partial charge < -0.3 is 4.74 Å². The molecule has 0 aliphatic heterocycles. The van der Waals surface area contributed by atoms with Crippen LogP contribution in [0.1, 0.15) is 5.56 Å². The summed E-state index contributed by atoms with van der Waals surface area (Å²) in [4.78, 5) is 0. The molecule has 72 valence electrons. The molecule has 0 N–H and O–H groups in total. The van der Waals surface area contributed by atoms with Crippen molar-refractivity contribution in [2.24, 2.45) is 5.92 Å². The third kappa shape index (κ3) is 2.05. The van der Waals surface area contributed by atoms with E-state index in [9.17, 15) is 0 Å². The molecule has 0 radical (unpaired) electrons. The van der Waals surface area contributed by atoms with Gasteiger partial charge in [-0.15, -0.1) is 0 Å².